The lowest BCUT2D eigenvalue weighted by molar-refractivity contribution is 0.0879. The first kappa shape index (κ1) is 21.4. The van der Waals surface area contributed by atoms with Crippen LogP contribution in [0.1, 0.15) is 20.7 Å². The summed E-state index contributed by atoms with van der Waals surface area (Å²) in [4.78, 5) is 28.1. The van der Waals surface area contributed by atoms with Gasteiger partial charge in [0.1, 0.15) is 0 Å². The first-order chi connectivity index (χ1) is 15.7. The van der Waals surface area contributed by atoms with E-state index in [1.54, 1.807) is 6.20 Å². The Hall–Kier alpha value is -3.46. The molecule has 1 aliphatic rings. The minimum atomic E-state index is -4.12. The second-order valence-electron chi connectivity index (χ2n) is 7.29. The second kappa shape index (κ2) is 7.84. The summed E-state index contributed by atoms with van der Waals surface area (Å²) in [5, 5.41) is 4.21. The third-order valence-electron chi connectivity index (χ3n) is 5.24. The van der Waals surface area contributed by atoms with Gasteiger partial charge in [0.05, 0.1) is 37.4 Å². The summed E-state index contributed by atoms with van der Waals surface area (Å²) in [5.74, 6) is -1.21. The fourth-order valence-electron chi connectivity index (χ4n) is 3.66. The number of nitrogens with zero attached hydrogens (tertiary/aromatic N) is 1. The first-order valence-electron chi connectivity index (χ1n) is 9.60. The van der Waals surface area contributed by atoms with Gasteiger partial charge in [-0.2, -0.15) is 0 Å². The topological polar surface area (TPSA) is 105 Å². The number of carbonyl (C=O) groups excluding carboxylic acids is 2. The van der Waals surface area contributed by atoms with Crippen molar-refractivity contribution < 1.29 is 18.0 Å². The molecule has 0 aliphatic carbocycles. The van der Waals surface area contributed by atoms with Crippen LogP contribution >= 0.6 is 23.2 Å². The number of rotatable bonds is 4. The van der Waals surface area contributed by atoms with Gasteiger partial charge in [0.2, 0.25) is 0 Å². The Morgan fingerprint density at radius 1 is 0.818 bits per heavy atom. The predicted molar refractivity (Wildman–Crippen MR) is 126 cm³/mol. The number of carbonyl (C=O) groups is 2. The van der Waals surface area contributed by atoms with E-state index >= 15 is 0 Å². The summed E-state index contributed by atoms with van der Waals surface area (Å²) in [6.45, 7) is 0. The molecule has 0 atom stereocenters. The number of aromatic nitrogens is 1. The molecule has 1 aliphatic heterocycles. The molecule has 0 saturated carbocycles. The van der Waals surface area contributed by atoms with Crippen LogP contribution in [0.25, 0.3) is 22.0 Å². The molecule has 33 heavy (non-hydrogen) atoms. The third-order valence-corrected chi connectivity index (χ3v) is 7.25. The van der Waals surface area contributed by atoms with Crippen molar-refractivity contribution in [2.75, 3.05) is 4.72 Å². The molecular weight excluding hydrogens is 485 g/mol. The van der Waals surface area contributed by atoms with Crippen LogP contribution in [0.4, 0.5) is 5.69 Å². The van der Waals surface area contributed by atoms with Crippen molar-refractivity contribution in [2.45, 2.75) is 4.90 Å². The van der Waals surface area contributed by atoms with Gasteiger partial charge >= 0.3 is 0 Å². The summed E-state index contributed by atoms with van der Waals surface area (Å²) >= 11 is 12.6. The molecule has 0 bridgehead atoms. The molecule has 0 saturated heterocycles. The quantitative estimate of drug-likeness (QED) is 0.390. The maximum atomic E-state index is 13.2. The highest BCUT2D eigenvalue weighted by Crippen LogP contribution is 2.35. The number of hydrogen-bond acceptors (Lipinski definition) is 5. The molecular formula is C23H13Cl2N3O4S. The lowest BCUT2D eigenvalue weighted by Gasteiger charge is -2.13. The zero-order valence-corrected chi connectivity index (χ0v) is 18.9. The van der Waals surface area contributed by atoms with Crippen molar-refractivity contribution in [1.82, 2.24) is 10.3 Å². The van der Waals surface area contributed by atoms with Crippen LogP contribution in [0.15, 0.2) is 71.8 Å². The van der Waals surface area contributed by atoms with E-state index in [9.17, 15) is 18.0 Å². The zero-order chi connectivity index (χ0) is 23.3. The largest absolute Gasteiger partial charge is 0.288 e. The third kappa shape index (κ3) is 3.72. The Morgan fingerprint density at radius 3 is 2.33 bits per heavy atom. The summed E-state index contributed by atoms with van der Waals surface area (Å²) in [6, 6.07) is 16.2. The van der Waals surface area contributed by atoms with Crippen molar-refractivity contribution in [2.24, 2.45) is 0 Å². The number of fused-ring (bicyclic) bond motifs is 2. The maximum Gasteiger partial charge on any atom is 0.261 e. The molecule has 4 aromatic rings. The van der Waals surface area contributed by atoms with Crippen LogP contribution in [-0.2, 0) is 10.0 Å². The smallest absolute Gasteiger partial charge is 0.261 e. The number of nitrogens with one attached hydrogen (secondary N) is 2. The molecule has 0 spiro atoms. The fraction of sp³-hybridized carbons (Fsp3) is 0. The molecule has 7 nitrogen and oxygen atoms in total. The summed E-state index contributed by atoms with van der Waals surface area (Å²) in [5.41, 5.74) is 1.09. The van der Waals surface area contributed by atoms with Gasteiger partial charge in [0.15, 0.2) is 0 Å². The molecule has 2 heterocycles. The van der Waals surface area contributed by atoms with Crippen molar-refractivity contribution >= 4 is 61.5 Å². The van der Waals surface area contributed by atoms with Gasteiger partial charge in [0.25, 0.3) is 21.8 Å². The van der Waals surface area contributed by atoms with Gasteiger partial charge < -0.3 is 0 Å². The van der Waals surface area contributed by atoms with E-state index in [1.165, 1.54) is 30.3 Å². The molecule has 5 rings (SSSR count). The maximum absolute atomic E-state index is 13.2. The summed E-state index contributed by atoms with van der Waals surface area (Å²) in [6.07, 6.45) is 1.63. The van der Waals surface area contributed by atoms with Crippen molar-refractivity contribution in [3.63, 3.8) is 0 Å². The van der Waals surface area contributed by atoms with E-state index in [4.69, 9.17) is 23.2 Å². The van der Waals surface area contributed by atoms with Crippen molar-refractivity contribution in [1.29, 1.82) is 0 Å². The minimum Gasteiger partial charge on any atom is -0.288 e. The normalized spacial score (nSPS) is 13.2. The van der Waals surface area contributed by atoms with Gasteiger partial charge in [-0.15, -0.1) is 0 Å². The Balaban J connectivity index is 1.57. The Labute approximate surface area is 198 Å². The average Bonchev–Trinajstić information content (AvgIpc) is 3.06. The van der Waals surface area contributed by atoms with E-state index in [0.29, 0.717) is 16.3 Å². The fourth-order valence-corrected chi connectivity index (χ4v) is 5.23. The molecule has 1 aromatic heterocycles. The lowest BCUT2D eigenvalue weighted by atomic mass is 10.0. The molecule has 3 aromatic carbocycles. The highest BCUT2D eigenvalue weighted by molar-refractivity contribution is 7.92. The van der Waals surface area contributed by atoms with Crippen LogP contribution in [0.5, 0.6) is 0 Å². The highest BCUT2D eigenvalue weighted by atomic mass is 35.5. The number of amides is 2. The van der Waals surface area contributed by atoms with Crippen LogP contribution in [0.3, 0.4) is 0 Å². The van der Waals surface area contributed by atoms with Crippen LogP contribution < -0.4 is 10.0 Å². The molecule has 0 radical (unpaired) electrons. The van der Waals surface area contributed by atoms with Crippen LogP contribution in [0.2, 0.25) is 10.0 Å². The molecule has 0 fully saturated rings. The molecule has 164 valence electrons. The average molecular weight is 498 g/mol. The monoisotopic (exact) mass is 497 g/mol. The van der Waals surface area contributed by atoms with E-state index in [1.807, 2.05) is 30.3 Å². The SMILES string of the molecule is O=C1NC(=O)c2cc(NS(=O)(=O)c3ccc(Cl)c(-c4nccc5ccccc45)c3)c(Cl)cc21. The Bertz CT molecular complexity index is 1600. The Morgan fingerprint density at radius 2 is 1.55 bits per heavy atom. The highest BCUT2D eigenvalue weighted by Gasteiger charge is 2.29. The van der Waals surface area contributed by atoms with E-state index in [2.05, 4.69) is 15.0 Å². The van der Waals surface area contributed by atoms with E-state index in [0.717, 1.165) is 10.8 Å². The number of halogens is 2. The molecule has 2 amide bonds. The minimum absolute atomic E-state index is 0.0212. The lowest BCUT2D eigenvalue weighted by Crippen LogP contribution is -2.19. The number of sulfonamides is 1. The predicted octanol–water partition coefficient (Wildman–Crippen LogP) is 4.89. The zero-order valence-electron chi connectivity index (χ0n) is 16.6. The standard InChI is InChI=1S/C23H13Cl2N3O4S/c24-18-6-5-13(9-17(18)21-14-4-2-1-3-12(14)7-8-26-21)33(31,32)28-20-11-16-15(10-19(20)25)22(29)27-23(16)30/h1-11,28H,(H,27,29,30). The van der Waals surface area contributed by atoms with E-state index < -0.39 is 21.8 Å². The Kier molecular flexibility index (Phi) is 5.08. The summed E-state index contributed by atoms with van der Waals surface area (Å²) < 4.78 is 28.7. The van der Waals surface area contributed by atoms with Crippen molar-refractivity contribution in [3.05, 3.63) is 88.0 Å². The van der Waals surface area contributed by atoms with Gasteiger partial charge in [-0.1, -0.05) is 47.5 Å². The van der Waals surface area contributed by atoms with Crippen molar-refractivity contribution in [3.8, 4) is 11.3 Å². The van der Waals surface area contributed by atoms with Gasteiger partial charge in [-0.05, 0) is 41.8 Å². The van der Waals surface area contributed by atoms with Crippen LogP contribution in [-0.4, -0.2) is 25.2 Å². The van der Waals surface area contributed by atoms with E-state index in [-0.39, 0.29) is 26.7 Å². The number of anilines is 1. The summed E-state index contributed by atoms with van der Waals surface area (Å²) in [7, 11) is -4.12. The first-order valence-corrected chi connectivity index (χ1v) is 11.8. The molecule has 0 unspecified atom stereocenters. The van der Waals surface area contributed by atoms with Gasteiger partial charge in [-0.3, -0.25) is 24.6 Å². The number of pyridine rings is 1. The molecule has 10 heteroatoms. The number of imide groups is 1. The van der Waals surface area contributed by atoms with Gasteiger partial charge in [0, 0.05) is 17.1 Å². The van der Waals surface area contributed by atoms with Crippen LogP contribution in [0, 0.1) is 0 Å². The number of benzene rings is 3. The second-order valence-corrected chi connectivity index (χ2v) is 9.79. The molecule has 2 N–H and O–H groups in total. The number of hydrogen-bond donors (Lipinski definition) is 2. The van der Waals surface area contributed by atoms with Gasteiger partial charge in [-0.25, -0.2) is 8.42 Å².